The number of carbonyl (C=O) groups is 2. The lowest BCUT2D eigenvalue weighted by molar-refractivity contribution is -0.122. The number of thioether (sulfide) groups is 1. The highest BCUT2D eigenvalue weighted by molar-refractivity contribution is 8.26. The van der Waals surface area contributed by atoms with Gasteiger partial charge in [-0.15, -0.1) is 11.3 Å². The molecule has 4 rings (SSSR count). The van der Waals surface area contributed by atoms with Crippen molar-refractivity contribution < 1.29 is 9.59 Å². The van der Waals surface area contributed by atoms with E-state index in [2.05, 4.69) is 41.5 Å². The van der Waals surface area contributed by atoms with Gasteiger partial charge in [-0.3, -0.25) is 14.5 Å². The Labute approximate surface area is 225 Å². The largest absolute Gasteiger partial charge is 0.302 e. The fraction of sp³-hybridized carbons (Fsp3) is 0.214. The Hall–Kier alpha value is -3.07. The van der Waals surface area contributed by atoms with E-state index in [9.17, 15) is 9.59 Å². The number of aryl methyl sites for hydroxylation is 1. The molecule has 0 atom stereocenters. The minimum Gasteiger partial charge on any atom is -0.302 e. The molecule has 0 saturated carbocycles. The van der Waals surface area contributed by atoms with Crippen LogP contribution in [0.3, 0.4) is 0 Å². The second-order valence-electron chi connectivity index (χ2n) is 8.58. The molecule has 8 heteroatoms. The van der Waals surface area contributed by atoms with Gasteiger partial charge in [0.25, 0.3) is 5.91 Å². The number of thiocarbonyl (C=S) groups is 1. The van der Waals surface area contributed by atoms with Crippen molar-refractivity contribution in [2.75, 3.05) is 11.9 Å². The van der Waals surface area contributed by atoms with Crippen molar-refractivity contribution in [2.45, 2.75) is 33.1 Å². The molecule has 1 fully saturated rings. The summed E-state index contributed by atoms with van der Waals surface area (Å²) in [4.78, 5) is 32.9. The van der Waals surface area contributed by atoms with Crippen LogP contribution in [-0.2, 0) is 16.0 Å². The number of aromatic nitrogens is 1. The third kappa shape index (κ3) is 7.22. The van der Waals surface area contributed by atoms with Crippen molar-refractivity contribution >= 4 is 62.7 Å². The molecule has 5 nitrogen and oxygen atoms in total. The monoisotopic (exact) mass is 533 g/mol. The van der Waals surface area contributed by atoms with Gasteiger partial charge >= 0.3 is 0 Å². The second kappa shape index (κ2) is 12.3. The molecule has 2 aromatic carbocycles. The third-order valence-electron chi connectivity index (χ3n) is 5.51. The van der Waals surface area contributed by atoms with Crippen LogP contribution in [0.1, 0.15) is 41.3 Å². The van der Waals surface area contributed by atoms with Gasteiger partial charge in [-0.05, 0) is 43.0 Å². The summed E-state index contributed by atoms with van der Waals surface area (Å²) in [7, 11) is 0. The number of benzene rings is 2. The Morgan fingerprint density at radius 1 is 1.14 bits per heavy atom. The zero-order chi connectivity index (χ0) is 25.5. The maximum absolute atomic E-state index is 12.9. The maximum Gasteiger partial charge on any atom is 0.266 e. The predicted octanol–water partition coefficient (Wildman–Crippen LogP) is 6.61. The quantitative estimate of drug-likeness (QED) is 0.248. The van der Waals surface area contributed by atoms with Crippen LogP contribution in [0.2, 0.25) is 0 Å². The average Bonchev–Trinajstić information content (AvgIpc) is 3.39. The molecule has 36 heavy (non-hydrogen) atoms. The Morgan fingerprint density at radius 2 is 1.89 bits per heavy atom. The zero-order valence-electron chi connectivity index (χ0n) is 20.2. The number of allylic oxidation sites excluding steroid dienone is 2. The molecule has 0 radical (unpaired) electrons. The highest BCUT2D eigenvalue weighted by Gasteiger charge is 2.31. The fourth-order valence-electron chi connectivity index (χ4n) is 3.69. The molecule has 3 aromatic rings. The second-order valence-corrected chi connectivity index (χ2v) is 11.4. The molecule has 2 amide bonds. The van der Waals surface area contributed by atoms with Crippen LogP contribution in [0, 0.1) is 6.92 Å². The lowest BCUT2D eigenvalue weighted by Gasteiger charge is -2.13. The van der Waals surface area contributed by atoms with Crippen molar-refractivity contribution in [2.24, 2.45) is 0 Å². The highest BCUT2D eigenvalue weighted by Crippen LogP contribution is 2.32. The average molecular weight is 534 g/mol. The molecule has 0 bridgehead atoms. The van der Waals surface area contributed by atoms with E-state index < -0.39 is 0 Å². The van der Waals surface area contributed by atoms with Crippen LogP contribution in [0.25, 0.3) is 6.08 Å². The Balaban J connectivity index is 1.25. The summed E-state index contributed by atoms with van der Waals surface area (Å²) in [6.07, 6.45) is 7.30. The number of hydrogen-bond donors (Lipinski definition) is 1. The molecule has 1 aliphatic rings. The number of thiazole rings is 1. The molecule has 0 aliphatic carbocycles. The number of rotatable bonds is 9. The molecule has 184 valence electrons. The number of hydrogen-bond acceptors (Lipinski definition) is 6. The summed E-state index contributed by atoms with van der Waals surface area (Å²) in [5.74, 6) is -0.222. The summed E-state index contributed by atoms with van der Waals surface area (Å²) in [5.41, 5.74) is 4.50. The van der Waals surface area contributed by atoms with Gasteiger partial charge in [0.05, 0.1) is 4.91 Å². The Morgan fingerprint density at radius 3 is 2.64 bits per heavy atom. The zero-order valence-corrected chi connectivity index (χ0v) is 22.6. The van der Waals surface area contributed by atoms with Crippen LogP contribution >= 0.6 is 35.3 Å². The van der Waals surface area contributed by atoms with Crippen LogP contribution in [0.4, 0.5) is 5.13 Å². The van der Waals surface area contributed by atoms with Crippen LogP contribution < -0.4 is 5.32 Å². The van der Waals surface area contributed by atoms with E-state index in [0.717, 1.165) is 22.4 Å². The molecule has 1 aliphatic heterocycles. The summed E-state index contributed by atoms with van der Waals surface area (Å²) >= 11 is 8.21. The fourth-order valence-corrected chi connectivity index (χ4v) is 5.91. The first-order valence-corrected chi connectivity index (χ1v) is 13.7. The molecular formula is C28H27N3O2S3. The summed E-state index contributed by atoms with van der Waals surface area (Å²) in [6, 6.07) is 18.4. The van der Waals surface area contributed by atoms with Crippen LogP contribution in [0.5, 0.6) is 0 Å². The third-order valence-corrected chi connectivity index (χ3v) is 7.80. The summed E-state index contributed by atoms with van der Waals surface area (Å²) < 4.78 is 0.528. The van der Waals surface area contributed by atoms with E-state index in [1.807, 2.05) is 49.4 Å². The first-order valence-electron chi connectivity index (χ1n) is 11.7. The summed E-state index contributed by atoms with van der Waals surface area (Å²) in [6.45, 7) is 4.44. The van der Waals surface area contributed by atoms with E-state index in [1.165, 1.54) is 34.2 Å². The molecule has 0 spiro atoms. The number of anilines is 1. The van der Waals surface area contributed by atoms with Gasteiger partial charge in [-0.1, -0.05) is 90.2 Å². The Bertz CT molecular complexity index is 1310. The molecule has 1 aromatic heterocycles. The van der Waals surface area contributed by atoms with Crippen molar-refractivity contribution in [3.63, 3.8) is 0 Å². The minimum atomic E-state index is -0.117. The topological polar surface area (TPSA) is 62.3 Å². The van der Waals surface area contributed by atoms with Crippen molar-refractivity contribution in [3.8, 4) is 0 Å². The Kier molecular flexibility index (Phi) is 8.85. The molecule has 0 unspecified atom stereocenters. The van der Waals surface area contributed by atoms with Gasteiger partial charge in [-0.2, -0.15) is 0 Å². The van der Waals surface area contributed by atoms with Crippen molar-refractivity contribution in [1.82, 2.24) is 9.88 Å². The van der Waals surface area contributed by atoms with Gasteiger partial charge in [-0.25, -0.2) is 4.98 Å². The number of nitrogens with one attached hydrogen (secondary N) is 1. The summed E-state index contributed by atoms with van der Waals surface area (Å²) in [5, 5.41) is 3.47. The smallest absolute Gasteiger partial charge is 0.266 e. The van der Waals surface area contributed by atoms with E-state index in [-0.39, 0.29) is 18.2 Å². The van der Waals surface area contributed by atoms with E-state index in [1.54, 1.807) is 11.1 Å². The lowest BCUT2D eigenvalue weighted by atomic mass is 10.1. The van der Waals surface area contributed by atoms with Gasteiger partial charge < -0.3 is 5.32 Å². The normalized spacial score (nSPS) is 15.1. The van der Waals surface area contributed by atoms with Gasteiger partial charge in [0.15, 0.2) is 5.13 Å². The molecule has 1 N–H and O–H groups in total. The van der Waals surface area contributed by atoms with E-state index in [4.69, 9.17) is 12.2 Å². The minimum absolute atomic E-state index is 0.105. The number of amides is 2. The lowest BCUT2D eigenvalue weighted by Crippen LogP contribution is -2.29. The number of carbonyl (C=O) groups excluding carboxylic acids is 2. The first-order chi connectivity index (χ1) is 17.4. The van der Waals surface area contributed by atoms with Crippen molar-refractivity contribution in [3.05, 3.63) is 98.9 Å². The molecule has 2 heterocycles. The van der Waals surface area contributed by atoms with Gasteiger partial charge in [0.1, 0.15) is 4.32 Å². The highest BCUT2D eigenvalue weighted by atomic mass is 32.2. The maximum atomic E-state index is 12.9. The number of nitrogens with zero attached hydrogens (tertiary/aromatic N) is 2. The van der Waals surface area contributed by atoms with Gasteiger partial charge in [0.2, 0.25) is 5.91 Å². The molecule has 1 saturated heterocycles. The SMILES string of the molecule is CC(/C=C1\SC(=S)N(CCCC(=O)Nc2ncc(Cc3ccc(C)cc3)s2)C1=O)=C\c1ccccc1. The van der Waals surface area contributed by atoms with Gasteiger partial charge in [0, 0.05) is 30.5 Å². The predicted molar refractivity (Wildman–Crippen MR) is 154 cm³/mol. The molecular weight excluding hydrogens is 507 g/mol. The van der Waals surface area contributed by atoms with Crippen LogP contribution in [0.15, 0.2) is 77.3 Å². The standard InChI is InChI=1S/C28H27N3O2S3/c1-19-10-12-22(13-11-19)17-23-18-29-27(35-23)30-25(32)9-6-14-31-26(33)24(36-28(31)34)16-20(2)15-21-7-4-3-5-8-21/h3-5,7-8,10-13,15-16,18H,6,9,14,17H2,1-2H3,(H,29,30,32)/b20-15+,24-16-. The first kappa shape index (κ1) is 26.0. The van der Waals surface area contributed by atoms with E-state index >= 15 is 0 Å². The van der Waals surface area contributed by atoms with Crippen LogP contribution in [-0.4, -0.2) is 32.6 Å². The van der Waals surface area contributed by atoms with E-state index in [0.29, 0.717) is 27.3 Å². The van der Waals surface area contributed by atoms with Crippen molar-refractivity contribution in [1.29, 1.82) is 0 Å².